The third kappa shape index (κ3) is 3.40. The van der Waals surface area contributed by atoms with Crippen molar-refractivity contribution < 1.29 is 18.7 Å². The molecule has 2 amide bonds. The third-order valence-electron chi connectivity index (χ3n) is 4.34. The van der Waals surface area contributed by atoms with Crippen molar-refractivity contribution in [2.24, 2.45) is 5.41 Å². The van der Waals surface area contributed by atoms with Gasteiger partial charge in [0.05, 0.1) is 11.1 Å². The van der Waals surface area contributed by atoms with Crippen LogP contribution in [0.3, 0.4) is 0 Å². The molecule has 3 rings (SSSR count). The number of carbonyl (C=O) groups is 2. The third-order valence-corrected chi connectivity index (χ3v) is 4.34. The highest BCUT2D eigenvalue weighted by Crippen LogP contribution is 2.38. The maximum atomic E-state index is 13.0. The number of amides is 2. The normalized spacial score (nSPS) is 15.7. The molecule has 0 radical (unpaired) electrons. The summed E-state index contributed by atoms with van der Waals surface area (Å²) in [4.78, 5) is 26.8. The lowest BCUT2D eigenvalue weighted by Gasteiger charge is -2.27. The first-order chi connectivity index (χ1) is 12.3. The summed E-state index contributed by atoms with van der Waals surface area (Å²) >= 11 is 0. The summed E-state index contributed by atoms with van der Waals surface area (Å²) in [6.45, 7) is 6.37. The molecule has 0 saturated heterocycles. The van der Waals surface area contributed by atoms with Crippen LogP contribution in [-0.4, -0.2) is 25.0 Å². The van der Waals surface area contributed by atoms with Crippen LogP contribution in [0.15, 0.2) is 42.5 Å². The maximum absolute atomic E-state index is 13.0. The Hall–Kier alpha value is -2.89. The molecule has 6 heteroatoms. The van der Waals surface area contributed by atoms with Gasteiger partial charge in [0.25, 0.3) is 5.91 Å². The highest BCUT2D eigenvalue weighted by atomic mass is 19.1. The van der Waals surface area contributed by atoms with Crippen LogP contribution in [0.4, 0.5) is 15.8 Å². The molecule has 1 N–H and O–H groups in total. The van der Waals surface area contributed by atoms with E-state index in [4.69, 9.17) is 4.74 Å². The van der Waals surface area contributed by atoms with E-state index in [1.54, 1.807) is 23.1 Å². The maximum Gasteiger partial charge on any atom is 0.255 e. The molecule has 1 aliphatic heterocycles. The molecule has 2 aromatic carbocycles. The van der Waals surface area contributed by atoms with Crippen LogP contribution in [-0.2, 0) is 4.79 Å². The van der Waals surface area contributed by atoms with E-state index in [0.29, 0.717) is 29.2 Å². The monoisotopic (exact) mass is 356 g/mol. The Morgan fingerprint density at radius 2 is 1.92 bits per heavy atom. The van der Waals surface area contributed by atoms with Gasteiger partial charge in [0.2, 0.25) is 5.91 Å². The molecule has 0 fully saturated rings. The second-order valence-corrected chi connectivity index (χ2v) is 6.87. The lowest BCUT2D eigenvalue weighted by molar-refractivity contribution is -0.127. The summed E-state index contributed by atoms with van der Waals surface area (Å²) < 4.78 is 18.8. The van der Waals surface area contributed by atoms with Crippen LogP contribution in [0.2, 0.25) is 0 Å². The fraction of sp³-hybridized carbons (Fsp3) is 0.300. The second kappa shape index (κ2) is 6.78. The van der Waals surface area contributed by atoms with E-state index in [1.807, 2.05) is 20.8 Å². The van der Waals surface area contributed by atoms with Crippen LogP contribution in [0.1, 0.15) is 31.1 Å². The second-order valence-electron chi connectivity index (χ2n) is 6.87. The lowest BCUT2D eigenvalue weighted by atomic mass is 9.93. The van der Waals surface area contributed by atoms with Crippen LogP contribution >= 0.6 is 0 Å². The van der Waals surface area contributed by atoms with Crippen LogP contribution in [0, 0.1) is 11.2 Å². The van der Waals surface area contributed by atoms with Gasteiger partial charge in [-0.15, -0.1) is 0 Å². The number of fused-ring (bicyclic) bond motifs is 1. The Morgan fingerprint density at radius 1 is 1.23 bits per heavy atom. The fourth-order valence-electron chi connectivity index (χ4n) is 2.84. The average Bonchev–Trinajstić information content (AvgIpc) is 2.70. The molecule has 1 aliphatic rings. The van der Waals surface area contributed by atoms with Crippen molar-refractivity contribution in [3.05, 3.63) is 53.8 Å². The topological polar surface area (TPSA) is 58.6 Å². The minimum absolute atomic E-state index is 0.0271. The van der Waals surface area contributed by atoms with Gasteiger partial charge in [-0.2, -0.15) is 0 Å². The van der Waals surface area contributed by atoms with Gasteiger partial charge in [-0.3, -0.25) is 9.59 Å². The van der Waals surface area contributed by atoms with Crippen molar-refractivity contribution in [3.8, 4) is 5.75 Å². The summed E-state index contributed by atoms with van der Waals surface area (Å²) in [5.74, 6) is -0.177. The van der Waals surface area contributed by atoms with Gasteiger partial charge in [-0.1, -0.05) is 0 Å². The largest absolute Gasteiger partial charge is 0.490 e. The molecular formula is C20H21FN2O3. The minimum Gasteiger partial charge on any atom is -0.490 e. The molecule has 0 unspecified atom stereocenters. The van der Waals surface area contributed by atoms with Gasteiger partial charge in [0, 0.05) is 17.8 Å². The van der Waals surface area contributed by atoms with Crippen molar-refractivity contribution in [1.82, 2.24) is 0 Å². The summed E-state index contributed by atoms with van der Waals surface area (Å²) in [6, 6.07) is 10.5. The number of halogens is 1. The molecule has 0 aliphatic carbocycles. The quantitative estimate of drug-likeness (QED) is 0.909. The van der Waals surface area contributed by atoms with Gasteiger partial charge < -0.3 is 15.0 Å². The van der Waals surface area contributed by atoms with Crippen molar-refractivity contribution in [2.45, 2.75) is 20.8 Å². The smallest absolute Gasteiger partial charge is 0.255 e. The summed E-state index contributed by atoms with van der Waals surface area (Å²) in [5.41, 5.74) is 0.877. The standard InChI is InChI=1S/C20H21FN2O3/c1-4-23-16-11-15(22-18(24)13-5-7-14(21)8-6-13)9-10-17(16)26-12-20(2,3)19(23)25/h5-11H,4,12H2,1-3H3,(H,22,24). The first-order valence-electron chi connectivity index (χ1n) is 8.47. The molecule has 0 aromatic heterocycles. The molecule has 0 saturated carbocycles. The number of ether oxygens (including phenoxy) is 1. The van der Waals surface area contributed by atoms with Gasteiger partial charge in [0.1, 0.15) is 18.2 Å². The summed E-state index contributed by atoms with van der Waals surface area (Å²) in [5, 5.41) is 2.77. The zero-order valence-electron chi connectivity index (χ0n) is 15.0. The molecule has 5 nitrogen and oxygen atoms in total. The predicted octanol–water partition coefficient (Wildman–Crippen LogP) is 3.85. The van der Waals surface area contributed by atoms with Gasteiger partial charge >= 0.3 is 0 Å². The summed E-state index contributed by atoms with van der Waals surface area (Å²) in [6.07, 6.45) is 0. The number of benzene rings is 2. The molecule has 2 aromatic rings. The molecule has 1 heterocycles. The van der Waals surface area contributed by atoms with Crippen molar-refractivity contribution in [2.75, 3.05) is 23.4 Å². The van der Waals surface area contributed by atoms with E-state index >= 15 is 0 Å². The van der Waals surface area contributed by atoms with Gasteiger partial charge in [-0.25, -0.2) is 4.39 Å². The van der Waals surface area contributed by atoms with E-state index in [0.717, 1.165) is 0 Å². The molecule has 0 atom stereocenters. The Bertz CT molecular complexity index is 847. The molecule has 136 valence electrons. The fourth-order valence-corrected chi connectivity index (χ4v) is 2.84. The van der Waals surface area contributed by atoms with Crippen LogP contribution < -0.4 is 15.0 Å². The number of nitrogens with zero attached hydrogens (tertiary/aromatic N) is 1. The molecule has 0 bridgehead atoms. The Labute approximate surface area is 151 Å². The minimum atomic E-state index is -0.632. The Kier molecular flexibility index (Phi) is 4.68. The number of rotatable bonds is 3. The van der Waals surface area contributed by atoms with Gasteiger partial charge in [0.15, 0.2) is 0 Å². The zero-order valence-corrected chi connectivity index (χ0v) is 15.0. The molecule has 0 spiro atoms. The first-order valence-corrected chi connectivity index (χ1v) is 8.47. The van der Waals surface area contributed by atoms with E-state index in [-0.39, 0.29) is 18.4 Å². The average molecular weight is 356 g/mol. The van der Waals surface area contributed by atoms with Gasteiger partial charge in [-0.05, 0) is 63.2 Å². The number of hydrogen-bond donors (Lipinski definition) is 1. The van der Waals surface area contributed by atoms with E-state index in [1.165, 1.54) is 24.3 Å². The summed E-state index contributed by atoms with van der Waals surface area (Å²) in [7, 11) is 0. The van der Waals surface area contributed by atoms with Crippen molar-refractivity contribution in [3.63, 3.8) is 0 Å². The highest BCUT2D eigenvalue weighted by molar-refractivity contribution is 6.05. The first kappa shape index (κ1) is 17.9. The molecule has 26 heavy (non-hydrogen) atoms. The predicted molar refractivity (Wildman–Crippen MR) is 98.1 cm³/mol. The van der Waals surface area contributed by atoms with E-state index in [2.05, 4.69) is 5.32 Å². The number of nitrogens with one attached hydrogen (secondary N) is 1. The number of carbonyl (C=O) groups excluding carboxylic acids is 2. The Morgan fingerprint density at radius 3 is 2.58 bits per heavy atom. The Balaban J connectivity index is 1.89. The zero-order chi connectivity index (χ0) is 18.9. The van der Waals surface area contributed by atoms with E-state index in [9.17, 15) is 14.0 Å². The van der Waals surface area contributed by atoms with Crippen LogP contribution in [0.25, 0.3) is 0 Å². The van der Waals surface area contributed by atoms with E-state index < -0.39 is 11.2 Å². The number of hydrogen-bond acceptors (Lipinski definition) is 3. The molecular weight excluding hydrogens is 335 g/mol. The number of anilines is 2. The van der Waals surface area contributed by atoms with Crippen molar-refractivity contribution >= 4 is 23.2 Å². The SMILES string of the molecule is CCN1C(=O)C(C)(C)COc2ccc(NC(=O)c3ccc(F)cc3)cc21. The van der Waals surface area contributed by atoms with Crippen LogP contribution in [0.5, 0.6) is 5.75 Å². The highest BCUT2D eigenvalue weighted by Gasteiger charge is 2.37. The lowest BCUT2D eigenvalue weighted by Crippen LogP contribution is -2.42. The van der Waals surface area contributed by atoms with Crippen molar-refractivity contribution in [1.29, 1.82) is 0 Å².